The van der Waals surface area contributed by atoms with Gasteiger partial charge in [0.25, 0.3) is 0 Å². The van der Waals surface area contributed by atoms with Crippen LogP contribution in [0.4, 0.5) is 0 Å². The van der Waals surface area contributed by atoms with Crippen LogP contribution in [0.25, 0.3) is 0 Å². The van der Waals surface area contributed by atoms with Crippen molar-refractivity contribution >= 4 is 17.8 Å². The summed E-state index contributed by atoms with van der Waals surface area (Å²) in [6.45, 7) is 1.29. The summed E-state index contributed by atoms with van der Waals surface area (Å²) in [6.07, 6.45) is 4.62. The molecule has 0 heterocycles. The number of rotatable bonds is 4. The minimum absolute atomic E-state index is 0.0139. The van der Waals surface area contributed by atoms with Crippen LogP contribution in [-0.2, 0) is 14.4 Å². The average Bonchev–Trinajstić information content (AvgIpc) is 2.29. The Morgan fingerprint density at radius 2 is 1.76 bits per heavy atom. The number of hydrogen-bond donors (Lipinski definition) is 1. The average molecular weight is 241 g/mol. The van der Waals surface area contributed by atoms with Gasteiger partial charge in [-0.25, -0.2) is 0 Å². The third-order valence-corrected chi connectivity index (χ3v) is 3.15. The van der Waals surface area contributed by atoms with Crippen LogP contribution in [-0.4, -0.2) is 34.3 Å². The number of carboxylic acids is 1. The van der Waals surface area contributed by atoms with Crippen molar-refractivity contribution in [2.24, 2.45) is 5.92 Å². The number of carboxylic acid groups (broad SMARTS) is 1. The molecule has 1 aliphatic carbocycles. The highest BCUT2D eigenvalue weighted by Gasteiger charge is 2.28. The standard InChI is InChI=1S/C12H19NO4/c1-9(14)13(8-7-11(15)16)12(17)10-5-3-2-4-6-10/h10H,2-8H2,1H3,(H,15,16). The molecule has 0 aromatic rings. The van der Waals surface area contributed by atoms with Crippen LogP contribution < -0.4 is 0 Å². The Labute approximate surface area is 101 Å². The highest BCUT2D eigenvalue weighted by atomic mass is 16.4. The van der Waals surface area contributed by atoms with Crippen molar-refractivity contribution in [2.45, 2.75) is 45.4 Å². The predicted molar refractivity (Wildman–Crippen MR) is 61.2 cm³/mol. The molecule has 17 heavy (non-hydrogen) atoms. The molecule has 0 saturated heterocycles. The van der Waals surface area contributed by atoms with E-state index in [-0.39, 0.29) is 30.7 Å². The molecule has 0 unspecified atom stereocenters. The lowest BCUT2D eigenvalue weighted by molar-refractivity contribution is -0.148. The van der Waals surface area contributed by atoms with Gasteiger partial charge in [0.2, 0.25) is 11.8 Å². The minimum Gasteiger partial charge on any atom is -0.481 e. The Morgan fingerprint density at radius 3 is 2.24 bits per heavy atom. The molecule has 2 amide bonds. The maximum Gasteiger partial charge on any atom is 0.305 e. The van der Waals surface area contributed by atoms with Crippen LogP contribution >= 0.6 is 0 Å². The van der Waals surface area contributed by atoms with Gasteiger partial charge in [0, 0.05) is 19.4 Å². The Hall–Kier alpha value is -1.39. The highest BCUT2D eigenvalue weighted by molar-refractivity contribution is 5.95. The maximum absolute atomic E-state index is 12.1. The van der Waals surface area contributed by atoms with Gasteiger partial charge in [-0.05, 0) is 12.8 Å². The van der Waals surface area contributed by atoms with Crippen molar-refractivity contribution in [2.75, 3.05) is 6.54 Å². The summed E-state index contributed by atoms with van der Waals surface area (Å²) in [4.78, 5) is 35.0. The van der Waals surface area contributed by atoms with Crippen LogP contribution in [0.2, 0.25) is 0 Å². The first kappa shape index (κ1) is 13.7. The molecule has 1 aliphatic rings. The summed E-state index contributed by atoms with van der Waals surface area (Å²) in [5.41, 5.74) is 0. The lowest BCUT2D eigenvalue weighted by atomic mass is 9.88. The van der Waals surface area contributed by atoms with Gasteiger partial charge in [-0.3, -0.25) is 19.3 Å². The molecule has 1 rings (SSSR count). The van der Waals surface area contributed by atoms with E-state index in [2.05, 4.69) is 0 Å². The number of carbonyl (C=O) groups excluding carboxylic acids is 2. The molecular weight excluding hydrogens is 222 g/mol. The third-order valence-electron chi connectivity index (χ3n) is 3.15. The third kappa shape index (κ3) is 4.17. The normalized spacial score (nSPS) is 16.5. The molecule has 0 aliphatic heterocycles. The summed E-state index contributed by atoms with van der Waals surface area (Å²) in [5.74, 6) is -1.64. The smallest absolute Gasteiger partial charge is 0.305 e. The van der Waals surface area contributed by atoms with Crippen LogP contribution in [0.3, 0.4) is 0 Å². The Balaban J connectivity index is 2.58. The van der Waals surface area contributed by atoms with E-state index in [0.717, 1.165) is 37.0 Å². The Kier molecular flexibility index (Phi) is 5.12. The van der Waals surface area contributed by atoms with E-state index >= 15 is 0 Å². The molecule has 5 nitrogen and oxygen atoms in total. The van der Waals surface area contributed by atoms with Gasteiger partial charge in [0.15, 0.2) is 0 Å². The SMILES string of the molecule is CC(=O)N(CCC(=O)O)C(=O)C1CCCCC1. The quantitative estimate of drug-likeness (QED) is 0.807. The van der Waals surface area contributed by atoms with Gasteiger partial charge in [0.1, 0.15) is 0 Å². The molecule has 0 atom stereocenters. The summed E-state index contributed by atoms with van der Waals surface area (Å²) in [5, 5.41) is 8.59. The van der Waals surface area contributed by atoms with Crippen LogP contribution in [0.15, 0.2) is 0 Å². The fourth-order valence-electron chi connectivity index (χ4n) is 2.20. The zero-order valence-corrected chi connectivity index (χ0v) is 10.1. The van der Waals surface area contributed by atoms with E-state index in [0.29, 0.717) is 0 Å². The van der Waals surface area contributed by atoms with Crippen molar-refractivity contribution in [1.29, 1.82) is 0 Å². The first-order valence-corrected chi connectivity index (χ1v) is 6.06. The highest BCUT2D eigenvalue weighted by Crippen LogP contribution is 2.25. The zero-order chi connectivity index (χ0) is 12.8. The molecule has 0 radical (unpaired) electrons. The molecule has 96 valence electrons. The van der Waals surface area contributed by atoms with Crippen molar-refractivity contribution in [3.05, 3.63) is 0 Å². The van der Waals surface area contributed by atoms with E-state index in [9.17, 15) is 14.4 Å². The topological polar surface area (TPSA) is 74.7 Å². The van der Waals surface area contributed by atoms with Gasteiger partial charge >= 0.3 is 5.97 Å². The van der Waals surface area contributed by atoms with Crippen molar-refractivity contribution < 1.29 is 19.5 Å². The second-order valence-corrected chi connectivity index (χ2v) is 4.49. The molecule has 5 heteroatoms. The Bertz CT molecular complexity index is 308. The van der Waals surface area contributed by atoms with Gasteiger partial charge in [-0.2, -0.15) is 0 Å². The van der Waals surface area contributed by atoms with Crippen LogP contribution in [0.1, 0.15) is 45.4 Å². The van der Waals surface area contributed by atoms with Gasteiger partial charge < -0.3 is 5.11 Å². The summed E-state index contributed by atoms with van der Waals surface area (Å²) in [7, 11) is 0. The lowest BCUT2D eigenvalue weighted by Crippen LogP contribution is -2.41. The molecule has 1 N–H and O–H groups in total. The monoisotopic (exact) mass is 241 g/mol. The second kappa shape index (κ2) is 6.37. The molecule has 0 spiro atoms. The molecule has 0 aromatic heterocycles. The zero-order valence-electron chi connectivity index (χ0n) is 10.1. The fraction of sp³-hybridized carbons (Fsp3) is 0.750. The summed E-state index contributed by atoms with van der Waals surface area (Å²) in [6, 6.07) is 0. The number of amides is 2. The maximum atomic E-state index is 12.1. The van der Waals surface area contributed by atoms with E-state index in [4.69, 9.17) is 5.11 Å². The second-order valence-electron chi connectivity index (χ2n) is 4.49. The fourth-order valence-corrected chi connectivity index (χ4v) is 2.20. The van der Waals surface area contributed by atoms with Gasteiger partial charge in [0.05, 0.1) is 6.42 Å². The first-order chi connectivity index (χ1) is 8.02. The van der Waals surface area contributed by atoms with Crippen LogP contribution in [0.5, 0.6) is 0 Å². The van der Waals surface area contributed by atoms with Crippen molar-refractivity contribution in [1.82, 2.24) is 4.90 Å². The Morgan fingerprint density at radius 1 is 1.18 bits per heavy atom. The van der Waals surface area contributed by atoms with Crippen molar-refractivity contribution in [3.8, 4) is 0 Å². The summed E-state index contributed by atoms with van der Waals surface area (Å²) < 4.78 is 0. The first-order valence-electron chi connectivity index (χ1n) is 6.06. The predicted octanol–water partition coefficient (Wildman–Crippen LogP) is 1.42. The molecule has 0 bridgehead atoms. The molecular formula is C12H19NO4. The van der Waals surface area contributed by atoms with E-state index in [1.54, 1.807) is 0 Å². The van der Waals surface area contributed by atoms with E-state index in [1.165, 1.54) is 6.92 Å². The molecule has 0 aromatic carbocycles. The largest absolute Gasteiger partial charge is 0.481 e. The number of nitrogens with zero attached hydrogens (tertiary/aromatic N) is 1. The van der Waals surface area contributed by atoms with Crippen molar-refractivity contribution in [3.63, 3.8) is 0 Å². The number of aliphatic carboxylic acids is 1. The number of imide groups is 1. The van der Waals surface area contributed by atoms with Gasteiger partial charge in [-0.15, -0.1) is 0 Å². The number of hydrogen-bond acceptors (Lipinski definition) is 3. The molecule has 1 saturated carbocycles. The lowest BCUT2D eigenvalue weighted by Gasteiger charge is -2.26. The van der Waals surface area contributed by atoms with Crippen LogP contribution in [0, 0.1) is 5.92 Å². The summed E-state index contributed by atoms with van der Waals surface area (Å²) >= 11 is 0. The van der Waals surface area contributed by atoms with Gasteiger partial charge in [-0.1, -0.05) is 19.3 Å². The van der Waals surface area contributed by atoms with E-state index in [1.807, 2.05) is 0 Å². The molecule has 1 fully saturated rings. The minimum atomic E-state index is -0.993. The van der Waals surface area contributed by atoms with E-state index < -0.39 is 5.97 Å². The number of carbonyl (C=O) groups is 3.